The first-order valence-corrected chi connectivity index (χ1v) is 8.57. The highest BCUT2D eigenvalue weighted by Gasteiger charge is 2.16. The summed E-state index contributed by atoms with van der Waals surface area (Å²) in [5, 5.41) is 6.08. The molecule has 2 N–H and O–H groups in total. The standard InChI is InChI=1S/C18H23N5O2/c1-2-7-19-17-13-20-15(12-21-17)18(24)22-14-5-3-4-6-16(14)23-8-10-25-11-9-23/h3-6,12-13H,2,7-11H2,1H3,(H,19,21)(H,22,24). The highest BCUT2D eigenvalue weighted by atomic mass is 16.5. The van der Waals surface area contributed by atoms with Gasteiger partial charge in [-0.25, -0.2) is 9.97 Å². The molecular formula is C18H23N5O2. The van der Waals surface area contributed by atoms with Gasteiger partial charge in [-0.3, -0.25) is 4.79 Å². The number of amides is 1. The Hall–Kier alpha value is -2.67. The van der Waals surface area contributed by atoms with E-state index >= 15 is 0 Å². The van der Waals surface area contributed by atoms with Crippen molar-refractivity contribution < 1.29 is 9.53 Å². The second-order valence-electron chi connectivity index (χ2n) is 5.78. The summed E-state index contributed by atoms with van der Waals surface area (Å²) < 4.78 is 5.40. The molecule has 1 saturated heterocycles. The zero-order valence-corrected chi connectivity index (χ0v) is 14.4. The molecule has 3 rings (SSSR count). The van der Waals surface area contributed by atoms with Crippen molar-refractivity contribution in [1.29, 1.82) is 0 Å². The minimum Gasteiger partial charge on any atom is -0.378 e. The first kappa shape index (κ1) is 17.2. The Kier molecular flexibility index (Phi) is 5.79. The number of morpholine rings is 1. The van der Waals surface area contributed by atoms with Crippen molar-refractivity contribution in [3.63, 3.8) is 0 Å². The molecule has 132 valence electrons. The quantitative estimate of drug-likeness (QED) is 0.840. The van der Waals surface area contributed by atoms with Crippen molar-refractivity contribution in [2.45, 2.75) is 13.3 Å². The van der Waals surface area contributed by atoms with Crippen LogP contribution in [0.5, 0.6) is 0 Å². The molecule has 0 radical (unpaired) electrons. The number of hydrogen-bond acceptors (Lipinski definition) is 6. The van der Waals surface area contributed by atoms with Gasteiger partial charge >= 0.3 is 0 Å². The fourth-order valence-electron chi connectivity index (χ4n) is 2.64. The highest BCUT2D eigenvalue weighted by molar-refractivity contribution is 6.04. The van der Waals surface area contributed by atoms with Gasteiger partial charge in [0.05, 0.1) is 37.0 Å². The molecule has 1 aromatic heterocycles. The van der Waals surface area contributed by atoms with Crippen molar-refractivity contribution in [3.8, 4) is 0 Å². The Morgan fingerprint density at radius 1 is 1.20 bits per heavy atom. The van der Waals surface area contributed by atoms with E-state index < -0.39 is 0 Å². The maximum absolute atomic E-state index is 12.5. The topological polar surface area (TPSA) is 79.4 Å². The zero-order chi connectivity index (χ0) is 17.5. The summed E-state index contributed by atoms with van der Waals surface area (Å²) in [5.74, 6) is 0.405. The average Bonchev–Trinajstić information content (AvgIpc) is 2.68. The summed E-state index contributed by atoms with van der Waals surface area (Å²) >= 11 is 0. The number of nitrogens with zero attached hydrogens (tertiary/aromatic N) is 3. The molecule has 0 unspecified atom stereocenters. The lowest BCUT2D eigenvalue weighted by Gasteiger charge is -2.30. The predicted molar refractivity (Wildman–Crippen MR) is 98.2 cm³/mol. The van der Waals surface area contributed by atoms with Crippen LogP contribution < -0.4 is 15.5 Å². The van der Waals surface area contributed by atoms with Crippen molar-refractivity contribution in [3.05, 3.63) is 42.4 Å². The summed E-state index contributed by atoms with van der Waals surface area (Å²) in [6.45, 7) is 5.91. The molecule has 2 aromatic rings. The molecule has 0 atom stereocenters. The van der Waals surface area contributed by atoms with E-state index in [1.54, 1.807) is 6.20 Å². The van der Waals surface area contributed by atoms with Crippen LogP contribution in [0.2, 0.25) is 0 Å². The number of benzene rings is 1. The third-order valence-corrected chi connectivity index (χ3v) is 3.94. The Morgan fingerprint density at radius 2 is 2.00 bits per heavy atom. The number of carbonyl (C=O) groups excluding carboxylic acids is 1. The summed E-state index contributed by atoms with van der Waals surface area (Å²) in [6.07, 6.45) is 4.07. The summed E-state index contributed by atoms with van der Waals surface area (Å²) in [7, 11) is 0. The fraction of sp³-hybridized carbons (Fsp3) is 0.389. The number of hydrogen-bond donors (Lipinski definition) is 2. The van der Waals surface area contributed by atoms with Crippen LogP contribution in [0, 0.1) is 0 Å². The van der Waals surface area contributed by atoms with Crippen LogP contribution in [-0.2, 0) is 4.74 Å². The highest BCUT2D eigenvalue weighted by Crippen LogP contribution is 2.26. The van der Waals surface area contributed by atoms with Gasteiger partial charge in [0.1, 0.15) is 11.5 Å². The minimum absolute atomic E-state index is 0.268. The molecule has 1 aromatic carbocycles. The van der Waals surface area contributed by atoms with Crippen molar-refractivity contribution in [1.82, 2.24) is 9.97 Å². The smallest absolute Gasteiger partial charge is 0.275 e. The molecule has 1 aliphatic rings. The van der Waals surface area contributed by atoms with Gasteiger partial charge in [0, 0.05) is 19.6 Å². The molecule has 1 fully saturated rings. The Morgan fingerprint density at radius 3 is 2.72 bits per heavy atom. The third-order valence-electron chi connectivity index (χ3n) is 3.94. The fourth-order valence-corrected chi connectivity index (χ4v) is 2.64. The van der Waals surface area contributed by atoms with E-state index in [2.05, 4.69) is 32.4 Å². The van der Waals surface area contributed by atoms with E-state index in [9.17, 15) is 4.79 Å². The lowest BCUT2D eigenvalue weighted by molar-refractivity contribution is 0.102. The van der Waals surface area contributed by atoms with Crippen LogP contribution >= 0.6 is 0 Å². The van der Waals surface area contributed by atoms with Crippen molar-refractivity contribution in [2.24, 2.45) is 0 Å². The van der Waals surface area contributed by atoms with Crippen molar-refractivity contribution in [2.75, 3.05) is 48.4 Å². The first-order valence-electron chi connectivity index (χ1n) is 8.57. The van der Waals surface area contributed by atoms with E-state index in [1.807, 2.05) is 24.3 Å². The molecule has 0 spiro atoms. The van der Waals surface area contributed by atoms with Crippen LogP contribution in [0.1, 0.15) is 23.8 Å². The monoisotopic (exact) mass is 341 g/mol. The summed E-state index contributed by atoms with van der Waals surface area (Å²) in [4.78, 5) is 23.1. The minimum atomic E-state index is -0.268. The van der Waals surface area contributed by atoms with Gasteiger partial charge in [-0.1, -0.05) is 19.1 Å². The number of nitrogens with one attached hydrogen (secondary N) is 2. The molecule has 0 aliphatic carbocycles. The van der Waals surface area contributed by atoms with Gasteiger partial charge < -0.3 is 20.3 Å². The predicted octanol–water partition coefficient (Wildman–Crippen LogP) is 2.39. The van der Waals surface area contributed by atoms with E-state index in [0.717, 1.165) is 37.4 Å². The van der Waals surface area contributed by atoms with Gasteiger partial charge in [0.25, 0.3) is 5.91 Å². The van der Waals surface area contributed by atoms with E-state index in [-0.39, 0.29) is 5.91 Å². The first-order chi connectivity index (χ1) is 12.3. The van der Waals surface area contributed by atoms with Crippen molar-refractivity contribution >= 4 is 23.1 Å². The van der Waals surface area contributed by atoms with Gasteiger partial charge in [-0.05, 0) is 18.6 Å². The van der Waals surface area contributed by atoms with E-state index in [0.29, 0.717) is 24.7 Å². The molecule has 1 amide bonds. The van der Waals surface area contributed by atoms with E-state index in [1.165, 1.54) is 6.20 Å². The van der Waals surface area contributed by atoms with Crippen LogP contribution in [0.15, 0.2) is 36.7 Å². The molecule has 25 heavy (non-hydrogen) atoms. The summed E-state index contributed by atoms with van der Waals surface area (Å²) in [6, 6.07) is 7.77. The molecule has 1 aliphatic heterocycles. The maximum Gasteiger partial charge on any atom is 0.275 e. The second-order valence-corrected chi connectivity index (χ2v) is 5.78. The van der Waals surface area contributed by atoms with Gasteiger partial charge in [-0.15, -0.1) is 0 Å². The SMILES string of the molecule is CCCNc1cnc(C(=O)Nc2ccccc2N2CCOCC2)cn1. The molecule has 7 heteroatoms. The Labute approximate surface area is 147 Å². The Bertz CT molecular complexity index is 699. The number of anilines is 3. The number of ether oxygens (including phenoxy) is 1. The normalized spacial score (nSPS) is 14.2. The van der Waals surface area contributed by atoms with Gasteiger partial charge in [-0.2, -0.15) is 0 Å². The summed E-state index contributed by atoms with van der Waals surface area (Å²) in [5.41, 5.74) is 2.05. The van der Waals surface area contributed by atoms with Crippen LogP contribution in [0.25, 0.3) is 0 Å². The third kappa shape index (κ3) is 4.45. The van der Waals surface area contributed by atoms with E-state index in [4.69, 9.17) is 4.74 Å². The van der Waals surface area contributed by atoms with Crippen LogP contribution in [0.3, 0.4) is 0 Å². The molecular weight excluding hydrogens is 318 g/mol. The lowest BCUT2D eigenvalue weighted by Crippen LogP contribution is -2.36. The number of para-hydroxylation sites is 2. The second kappa shape index (κ2) is 8.43. The average molecular weight is 341 g/mol. The Balaban J connectivity index is 1.70. The molecule has 2 heterocycles. The number of aromatic nitrogens is 2. The zero-order valence-electron chi connectivity index (χ0n) is 14.4. The maximum atomic E-state index is 12.5. The van der Waals surface area contributed by atoms with Crippen LogP contribution in [0.4, 0.5) is 17.2 Å². The number of rotatable bonds is 6. The molecule has 7 nitrogen and oxygen atoms in total. The van der Waals surface area contributed by atoms with Gasteiger partial charge in [0.2, 0.25) is 0 Å². The number of carbonyl (C=O) groups is 1. The molecule has 0 saturated carbocycles. The van der Waals surface area contributed by atoms with Gasteiger partial charge in [0.15, 0.2) is 0 Å². The molecule has 0 bridgehead atoms. The van der Waals surface area contributed by atoms with Crippen LogP contribution in [-0.4, -0.2) is 48.7 Å². The largest absolute Gasteiger partial charge is 0.378 e. The lowest BCUT2D eigenvalue weighted by atomic mass is 10.2.